The molecular weight excluding hydrogens is 556 g/mol. The summed E-state index contributed by atoms with van der Waals surface area (Å²) in [5, 5.41) is 9.88. The third kappa shape index (κ3) is 6.26. The van der Waals surface area contributed by atoms with Gasteiger partial charge in [-0.3, -0.25) is 0 Å². The summed E-state index contributed by atoms with van der Waals surface area (Å²) in [4.78, 5) is 13.0. The van der Waals surface area contributed by atoms with Crippen molar-refractivity contribution < 1.29 is 19.4 Å². The van der Waals surface area contributed by atoms with Crippen molar-refractivity contribution >= 4 is 12.0 Å². The zero-order valence-electron chi connectivity index (χ0n) is 29.8. The van der Waals surface area contributed by atoms with Crippen molar-refractivity contribution in [2.24, 2.45) is 57.7 Å². The summed E-state index contributed by atoms with van der Waals surface area (Å²) in [5.74, 6) is 5.87. The Morgan fingerprint density at radius 3 is 2.47 bits per heavy atom. The van der Waals surface area contributed by atoms with Crippen molar-refractivity contribution in [3.05, 3.63) is 41.5 Å². The van der Waals surface area contributed by atoms with Crippen LogP contribution in [-0.4, -0.2) is 24.3 Å². The van der Waals surface area contributed by atoms with E-state index in [0.717, 1.165) is 59.8 Å². The Kier molecular flexibility index (Phi) is 9.94. The highest BCUT2D eigenvalue weighted by Gasteiger charge is 2.61. The van der Waals surface area contributed by atoms with Crippen molar-refractivity contribution in [3.63, 3.8) is 0 Å². The number of ether oxygens (including phenoxy) is 2. The number of phenols is 1. The molecule has 0 aliphatic heterocycles. The average Bonchev–Trinajstić information content (AvgIpc) is 3.35. The predicted octanol–water partition coefficient (Wildman–Crippen LogP) is 10.6. The lowest BCUT2D eigenvalue weighted by Gasteiger charge is -2.61. The normalized spacial score (nSPS) is 35.2. The molecule has 4 aliphatic carbocycles. The van der Waals surface area contributed by atoms with Gasteiger partial charge < -0.3 is 14.6 Å². The largest absolute Gasteiger partial charge is 0.504 e. The fourth-order valence-corrected chi connectivity index (χ4v) is 11.4. The van der Waals surface area contributed by atoms with Crippen molar-refractivity contribution in [2.45, 2.75) is 126 Å². The van der Waals surface area contributed by atoms with Gasteiger partial charge in [0.1, 0.15) is 6.10 Å². The molecule has 4 heteroatoms. The lowest BCUT2D eigenvalue weighted by Crippen LogP contribution is -2.55. The summed E-state index contributed by atoms with van der Waals surface area (Å²) in [6, 6.07) is 5.06. The summed E-state index contributed by atoms with van der Waals surface area (Å²) in [5.41, 5.74) is 2.80. The quantitative estimate of drug-likeness (QED) is 0.161. The second kappa shape index (κ2) is 13.1. The standard InChI is InChI=1S/C41H62O4/c1-10-29(26(2)3)14-11-27(4)31-16-17-32-30-15-19-36-39(5,6)37(22-24-41(36,8)33(30)21-23-40(31,32)7)45-38(43)20-13-28-12-18-34(42)35(25-28)44-9/h12-13,18-20,25-27,29-33,37,42H,10-11,14-17,21-24H2,1-9H3/b20-13+/t27-,29-,30+,31-,32+,33+,37?,40-,41-/m1/s1. The minimum absolute atomic E-state index is 0.0827. The van der Waals surface area contributed by atoms with Crippen LogP contribution >= 0.6 is 0 Å². The van der Waals surface area contributed by atoms with Gasteiger partial charge in [-0.1, -0.05) is 85.9 Å². The van der Waals surface area contributed by atoms with Crippen LogP contribution in [0.4, 0.5) is 0 Å². The smallest absolute Gasteiger partial charge is 0.331 e. The van der Waals surface area contributed by atoms with Crippen LogP contribution in [0.2, 0.25) is 0 Å². The Labute approximate surface area is 274 Å². The molecule has 3 saturated carbocycles. The Bertz CT molecular complexity index is 1270. The molecule has 3 fully saturated rings. The van der Waals surface area contributed by atoms with Crippen molar-refractivity contribution in [2.75, 3.05) is 7.11 Å². The van der Waals surface area contributed by atoms with E-state index in [0.29, 0.717) is 11.2 Å². The molecule has 0 aromatic heterocycles. The van der Waals surface area contributed by atoms with Crippen molar-refractivity contribution in [1.82, 2.24) is 0 Å². The Balaban J connectivity index is 1.27. The molecule has 250 valence electrons. The van der Waals surface area contributed by atoms with E-state index in [2.05, 4.69) is 61.5 Å². The van der Waals surface area contributed by atoms with E-state index in [1.807, 2.05) is 0 Å². The van der Waals surface area contributed by atoms with Gasteiger partial charge in [0.2, 0.25) is 0 Å². The van der Waals surface area contributed by atoms with Gasteiger partial charge in [-0.05, 0) is 127 Å². The highest BCUT2D eigenvalue weighted by atomic mass is 16.5. The molecule has 45 heavy (non-hydrogen) atoms. The number of fused-ring (bicyclic) bond motifs is 5. The van der Waals surface area contributed by atoms with Gasteiger partial charge in [-0.15, -0.1) is 0 Å². The van der Waals surface area contributed by atoms with E-state index in [1.54, 1.807) is 29.8 Å². The molecule has 1 aromatic rings. The fourth-order valence-electron chi connectivity index (χ4n) is 11.4. The summed E-state index contributed by atoms with van der Waals surface area (Å²) in [6.07, 6.45) is 18.6. The summed E-state index contributed by atoms with van der Waals surface area (Å²) >= 11 is 0. The van der Waals surface area contributed by atoms with Gasteiger partial charge in [-0.2, -0.15) is 0 Å². The minimum Gasteiger partial charge on any atom is -0.504 e. The number of carbonyl (C=O) groups is 1. The molecule has 0 amide bonds. The Morgan fingerprint density at radius 2 is 1.78 bits per heavy atom. The number of rotatable bonds is 10. The molecule has 0 saturated heterocycles. The van der Waals surface area contributed by atoms with Gasteiger partial charge in [-0.25, -0.2) is 4.79 Å². The third-order valence-corrected chi connectivity index (χ3v) is 14.0. The maximum atomic E-state index is 13.0. The number of benzene rings is 1. The van der Waals surface area contributed by atoms with Gasteiger partial charge in [0, 0.05) is 11.5 Å². The first-order valence-corrected chi connectivity index (χ1v) is 18.2. The lowest BCUT2D eigenvalue weighted by atomic mass is 9.44. The van der Waals surface area contributed by atoms with E-state index >= 15 is 0 Å². The molecule has 1 aromatic carbocycles. The summed E-state index contributed by atoms with van der Waals surface area (Å²) < 4.78 is 11.4. The second-order valence-corrected chi connectivity index (χ2v) is 16.8. The molecule has 5 rings (SSSR count). The van der Waals surface area contributed by atoms with Crippen LogP contribution in [0.25, 0.3) is 6.08 Å². The molecule has 9 atom stereocenters. The van der Waals surface area contributed by atoms with Crippen LogP contribution in [0.3, 0.4) is 0 Å². The first kappa shape index (κ1) is 34.1. The molecule has 0 radical (unpaired) electrons. The van der Waals surface area contributed by atoms with E-state index in [9.17, 15) is 9.90 Å². The minimum atomic E-state index is -0.309. The zero-order chi connectivity index (χ0) is 32.7. The number of aromatic hydroxyl groups is 1. The SMILES string of the molecule is CC[C@H](CC[C@@H](C)[C@H]1CC[C@H]2[C@@H]3CC=C4C(C)(C)C(OC(=O)/C=C/c5ccc(O)c(OC)c5)CC[C@]4(C)[C@H]3CC[C@]12C)C(C)C. The molecule has 0 bridgehead atoms. The van der Waals surface area contributed by atoms with Gasteiger partial charge >= 0.3 is 5.97 Å². The monoisotopic (exact) mass is 618 g/mol. The number of esters is 1. The van der Waals surface area contributed by atoms with E-state index in [-0.39, 0.29) is 28.7 Å². The molecule has 0 spiro atoms. The number of methoxy groups -OCH3 is 1. The van der Waals surface area contributed by atoms with E-state index in [1.165, 1.54) is 64.6 Å². The van der Waals surface area contributed by atoms with Crippen molar-refractivity contribution in [1.29, 1.82) is 0 Å². The predicted molar refractivity (Wildman–Crippen MR) is 185 cm³/mol. The van der Waals surface area contributed by atoms with Crippen molar-refractivity contribution in [3.8, 4) is 11.5 Å². The maximum absolute atomic E-state index is 13.0. The first-order valence-electron chi connectivity index (χ1n) is 18.2. The second-order valence-electron chi connectivity index (χ2n) is 16.8. The first-order chi connectivity index (χ1) is 21.3. The Hall–Kier alpha value is -2.23. The van der Waals surface area contributed by atoms with Crippen LogP contribution in [0.15, 0.2) is 35.9 Å². The molecule has 4 nitrogen and oxygen atoms in total. The van der Waals surface area contributed by atoms with Gasteiger partial charge in [0.15, 0.2) is 11.5 Å². The van der Waals surface area contributed by atoms with Crippen LogP contribution in [0.1, 0.15) is 125 Å². The number of carbonyl (C=O) groups excluding carboxylic acids is 1. The zero-order valence-corrected chi connectivity index (χ0v) is 29.8. The average molecular weight is 619 g/mol. The van der Waals surface area contributed by atoms with Gasteiger partial charge in [0.25, 0.3) is 0 Å². The summed E-state index contributed by atoms with van der Waals surface area (Å²) in [7, 11) is 1.52. The van der Waals surface area contributed by atoms with Crippen LogP contribution in [-0.2, 0) is 9.53 Å². The van der Waals surface area contributed by atoms with E-state index < -0.39 is 0 Å². The third-order valence-electron chi connectivity index (χ3n) is 14.0. The van der Waals surface area contributed by atoms with Gasteiger partial charge in [0.05, 0.1) is 7.11 Å². The van der Waals surface area contributed by atoms with Crippen LogP contribution in [0, 0.1) is 57.7 Å². The van der Waals surface area contributed by atoms with Crippen LogP contribution in [0.5, 0.6) is 11.5 Å². The lowest BCUT2D eigenvalue weighted by molar-refractivity contribution is -0.153. The molecule has 1 N–H and O–H groups in total. The fraction of sp³-hybridized carbons (Fsp3) is 0.732. The molecular formula is C41H62O4. The number of hydrogen-bond acceptors (Lipinski definition) is 4. The number of hydrogen-bond donors (Lipinski definition) is 1. The molecule has 4 aliphatic rings. The molecule has 0 heterocycles. The van der Waals surface area contributed by atoms with E-state index in [4.69, 9.17) is 9.47 Å². The topological polar surface area (TPSA) is 55.8 Å². The summed E-state index contributed by atoms with van der Waals surface area (Å²) in [6.45, 7) is 19.6. The highest BCUT2D eigenvalue weighted by molar-refractivity contribution is 5.87. The number of allylic oxidation sites excluding steroid dienone is 1. The van der Waals surface area contributed by atoms with Crippen LogP contribution < -0.4 is 4.74 Å². The number of phenolic OH excluding ortho intramolecular Hbond substituents is 1. The highest BCUT2D eigenvalue weighted by Crippen LogP contribution is 2.69. The molecule has 1 unspecified atom stereocenters. The maximum Gasteiger partial charge on any atom is 0.331 e. The Morgan fingerprint density at radius 1 is 1.02 bits per heavy atom.